The van der Waals surface area contributed by atoms with Crippen molar-refractivity contribution in [3.63, 3.8) is 0 Å². The number of β-amino-alcohol motifs (C(OH)–C–C–N with tert-alkyl or cyclic N) is 1. The van der Waals surface area contributed by atoms with Gasteiger partial charge in [-0.25, -0.2) is 9.59 Å². The van der Waals surface area contributed by atoms with Crippen molar-refractivity contribution in [3.05, 3.63) is 35.9 Å². The van der Waals surface area contributed by atoms with E-state index in [0.29, 0.717) is 25.2 Å². The zero-order valence-electron chi connectivity index (χ0n) is 10.8. The largest absolute Gasteiger partial charge is 0.478 e. The lowest BCUT2D eigenvalue weighted by atomic mass is 10.2. The first kappa shape index (κ1) is 14.1. The Bertz CT molecular complexity index is 524. The van der Waals surface area contributed by atoms with E-state index in [-0.39, 0.29) is 6.03 Å². The fourth-order valence-electron chi connectivity index (χ4n) is 1.97. The number of carboxylic acid groups (broad SMARTS) is 1. The number of hydrogen-bond donors (Lipinski definition) is 3. The van der Waals surface area contributed by atoms with Crippen molar-refractivity contribution < 1.29 is 19.8 Å². The second-order valence-corrected chi connectivity index (χ2v) is 4.61. The SMILES string of the molecule is O=C(O)C=Cc1ccc(NC(=O)N2CCC(O)C2)cc1. The molecule has 1 heterocycles. The van der Waals surface area contributed by atoms with E-state index in [1.165, 1.54) is 6.08 Å². The third-order valence-electron chi connectivity index (χ3n) is 3.03. The number of anilines is 1. The average Bonchev–Trinajstić information content (AvgIpc) is 2.85. The van der Waals surface area contributed by atoms with Crippen LogP contribution in [0.2, 0.25) is 0 Å². The smallest absolute Gasteiger partial charge is 0.328 e. The Morgan fingerprint density at radius 3 is 2.55 bits per heavy atom. The van der Waals surface area contributed by atoms with E-state index in [4.69, 9.17) is 5.11 Å². The van der Waals surface area contributed by atoms with Crippen molar-refractivity contribution >= 4 is 23.8 Å². The number of nitrogens with zero attached hydrogens (tertiary/aromatic N) is 1. The van der Waals surface area contributed by atoms with Crippen LogP contribution in [-0.4, -0.2) is 46.3 Å². The molecule has 0 aliphatic carbocycles. The molecule has 6 heteroatoms. The highest BCUT2D eigenvalue weighted by Gasteiger charge is 2.24. The molecule has 1 unspecified atom stereocenters. The lowest BCUT2D eigenvalue weighted by Crippen LogP contribution is -2.33. The molecule has 1 aromatic carbocycles. The molecule has 20 heavy (non-hydrogen) atoms. The Labute approximate surface area is 116 Å². The Morgan fingerprint density at radius 1 is 1.30 bits per heavy atom. The number of likely N-dealkylation sites (tertiary alicyclic amines) is 1. The van der Waals surface area contributed by atoms with Crippen LogP contribution in [0.25, 0.3) is 6.08 Å². The van der Waals surface area contributed by atoms with E-state index in [2.05, 4.69) is 5.32 Å². The predicted molar refractivity (Wildman–Crippen MR) is 74.3 cm³/mol. The zero-order valence-corrected chi connectivity index (χ0v) is 10.8. The molecule has 0 saturated carbocycles. The molecule has 0 bridgehead atoms. The summed E-state index contributed by atoms with van der Waals surface area (Å²) in [5, 5.41) is 20.6. The van der Waals surface area contributed by atoms with E-state index in [1.54, 1.807) is 29.2 Å². The van der Waals surface area contributed by atoms with Crippen LogP contribution in [0.4, 0.5) is 10.5 Å². The van der Waals surface area contributed by atoms with Crippen molar-refractivity contribution in [3.8, 4) is 0 Å². The Hall–Kier alpha value is -2.34. The highest BCUT2D eigenvalue weighted by Crippen LogP contribution is 2.14. The molecule has 1 fully saturated rings. The standard InChI is InChI=1S/C14H16N2O4/c17-12-7-8-16(9-12)14(20)15-11-4-1-10(2-5-11)3-6-13(18)19/h1-6,12,17H,7-9H2,(H,15,20)(H,18,19). The summed E-state index contributed by atoms with van der Waals surface area (Å²) in [7, 11) is 0. The summed E-state index contributed by atoms with van der Waals surface area (Å²) in [5.74, 6) is -1.00. The first-order chi connectivity index (χ1) is 9.54. The molecule has 2 amide bonds. The molecule has 1 aliphatic rings. The van der Waals surface area contributed by atoms with Gasteiger partial charge in [0, 0.05) is 24.9 Å². The Kier molecular flexibility index (Phi) is 4.37. The summed E-state index contributed by atoms with van der Waals surface area (Å²) in [6.45, 7) is 0.900. The predicted octanol–water partition coefficient (Wildman–Crippen LogP) is 1.38. The molecular formula is C14H16N2O4. The van der Waals surface area contributed by atoms with Crippen molar-refractivity contribution in [2.45, 2.75) is 12.5 Å². The van der Waals surface area contributed by atoms with Gasteiger partial charge in [0.15, 0.2) is 0 Å². The number of benzene rings is 1. The highest BCUT2D eigenvalue weighted by molar-refractivity contribution is 5.90. The summed E-state index contributed by atoms with van der Waals surface area (Å²) >= 11 is 0. The van der Waals surface area contributed by atoms with Gasteiger partial charge in [-0.1, -0.05) is 12.1 Å². The molecular weight excluding hydrogens is 260 g/mol. The maximum absolute atomic E-state index is 11.9. The third kappa shape index (κ3) is 3.83. The number of nitrogens with one attached hydrogen (secondary N) is 1. The minimum atomic E-state index is -1.00. The normalized spacial score (nSPS) is 18.4. The summed E-state index contributed by atoms with van der Waals surface area (Å²) in [6, 6.07) is 6.59. The van der Waals surface area contributed by atoms with Gasteiger partial charge in [0.2, 0.25) is 0 Å². The number of hydrogen-bond acceptors (Lipinski definition) is 3. The topological polar surface area (TPSA) is 89.9 Å². The summed E-state index contributed by atoms with van der Waals surface area (Å²) in [4.78, 5) is 23.8. The third-order valence-corrected chi connectivity index (χ3v) is 3.03. The molecule has 1 aliphatic heterocycles. The van der Waals surface area contributed by atoms with Gasteiger partial charge in [-0.2, -0.15) is 0 Å². The number of amides is 2. The molecule has 6 nitrogen and oxygen atoms in total. The number of carboxylic acids is 1. The monoisotopic (exact) mass is 276 g/mol. The highest BCUT2D eigenvalue weighted by atomic mass is 16.4. The Balaban J connectivity index is 1.93. The minimum Gasteiger partial charge on any atom is -0.478 e. The van der Waals surface area contributed by atoms with Crippen LogP contribution in [0.3, 0.4) is 0 Å². The van der Waals surface area contributed by atoms with E-state index >= 15 is 0 Å². The number of urea groups is 1. The maximum Gasteiger partial charge on any atom is 0.328 e. The number of aliphatic hydroxyl groups excluding tert-OH is 1. The van der Waals surface area contributed by atoms with Crippen LogP contribution in [0.1, 0.15) is 12.0 Å². The van der Waals surface area contributed by atoms with Gasteiger partial charge in [-0.3, -0.25) is 0 Å². The minimum absolute atomic E-state index is 0.240. The first-order valence-electron chi connectivity index (χ1n) is 6.29. The first-order valence-corrected chi connectivity index (χ1v) is 6.29. The summed E-state index contributed by atoms with van der Waals surface area (Å²) in [6.07, 6.45) is 2.69. The van der Waals surface area contributed by atoms with Crippen molar-refractivity contribution in [1.29, 1.82) is 0 Å². The molecule has 0 aromatic heterocycles. The molecule has 3 N–H and O–H groups in total. The van der Waals surface area contributed by atoms with Gasteiger partial charge < -0.3 is 20.4 Å². The zero-order chi connectivity index (χ0) is 14.5. The molecule has 1 saturated heterocycles. The summed E-state index contributed by atoms with van der Waals surface area (Å²) < 4.78 is 0. The van der Waals surface area contributed by atoms with Crippen LogP contribution >= 0.6 is 0 Å². The van der Waals surface area contributed by atoms with Gasteiger partial charge in [0.25, 0.3) is 0 Å². The van der Waals surface area contributed by atoms with Crippen LogP contribution in [0.15, 0.2) is 30.3 Å². The lowest BCUT2D eigenvalue weighted by Gasteiger charge is -2.16. The maximum atomic E-state index is 11.9. The molecule has 0 spiro atoms. The summed E-state index contributed by atoms with van der Waals surface area (Å²) in [5.41, 5.74) is 1.37. The van der Waals surface area contributed by atoms with E-state index < -0.39 is 12.1 Å². The van der Waals surface area contributed by atoms with Gasteiger partial charge in [0.1, 0.15) is 0 Å². The van der Waals surface area contributed by atoms with Crippen molar-refractivity contribution in [2.24, 2.45) is 0 Å². The number of aliphatic carboxylic acids is 1. The number of carbonyl (C=O) groups is 2. The van der Waals surface area contributed by atoms with Crippen LogP contribution in [0.5, 0.6) is 0 Å². The molecule has 0 radical (unpaired) electrons. The van der Waals surface area contributed by atoms with Crippen LogP contribution < -0.4 is 5.32 Å². The number of aliphatic hydroxyl groups is 1. The molecule has 1 aromatic rings. The van der Waals surface area contributed by atoms with Gasteiger partial charge >= 0.3 is 12.0 Å². The fraction of sp³-hybridized carbons (Fsp3) is 0.286. The second kappa shape index (κ2) is 6.21. The van der Waals surface area contributed by atoms with Gasteiger partial charge in [-0.15, -0.1) is 0 Å². The second-order valence-electron chi connectivity index (χ2n) is 4.61. The lowest BCUT2D eigenvalue weighted by molar-refractivity contribution is -0.131. The van der Waals surface area contributed by atoms with E-state index in [0.717, 1.165) is 11.6 Å². The van der Waals surface area contributed by atoms with Crippen molar-refractivity contribution in [2.75, 3.05) is 18.4 Å². The quantitative estimate of drug-likeness (QED) is 0.728. The average molecular weight is 276 g/mol. The van der Waals surface area contributed by atoms with E-state index in [1.807, 2.05) is 0 Å². The van der Waals surface area contributed by atoms with Crippen LogP contribution in [-0.2, 0) is 4.79 Å². The van der Waals surface area contributed by atoms with Crippen molar-refractivity contribution in [1.82, 2.24) is 4.90 Å². The fourth-order valence-corrected chi connectivity index (χ4v) is 1.97. The molecule has 2 rings (SSSR count). The molecule has 106 valence electrons. The van der Waals surface area contributed by atoms with Gasteiger partial charge in [0.05, 0.1) is 6.10 Å². The number of carbonyl (C=O) groups excluding carboxylic acids is 1. The van der Waals surface area contributed by atoms with E-state index in [9.17, 15) is 14.7 Å². The molecule has 1 atom stereocenters. The number of rotatable bonds is 3. The Morgan fingerprint density at radius 2 is 2.00 bits per heavy atom. The van der Waals surface area contributed by atoms with Gasteiger partial charge in [-0.05, 0) is 30.2 Å². The van der Waals surface area contributed by atoms with Crippen LogP contribution in [0, 0.1) is 0 Å².